The van der Waals surface area contributed by atoms with Crippen molar-refractivity contribution in [1.29, 1.82) is 5.41 Å². The van der Waals surface area contributed by atoms with E-state index >= 15 is 0 Å². The molecule has 0 saturated heterocycles. The van der Waals surface area contributed by atoms with E-state index in [2.05, 4.69) is 20.3 Å². The number of hydrogen-bond donors (Lipinski definition) is 9. The van der Waals surface area contributed by atoms with Gasteiger partial charge in [0.25, 0.3) is 5.91 Å². The maximum absolute atomic E-state index is 13.2. The number of hydrogen-bond acceptors (Lipinski definition) is 10. The minimum absolute atomic E-state index is 0.0205. The number of nitrogens with two attached hydrogens (primary N) is 1. The monoisotopic (exact) mass is 577 g/mol. The van der Waals surface area contributed by atoms with Crippen LogP contribution < -0.4 is 16.0 Å². The average Bonchev–Trinajstić information content (AvgIpc) is 3.43. The molecule has 4 rings (SSSR count). The van der Waals surface area contributed by atoms with Crippen LogP contribution in [0.15, 0.2) is 60.9 Å². The zero-order valence-electron chi connectivity index (χ0n) is 23.0. The standard InChI is InChI=1S/C29H35N7O6/c1-36(14-23(38)25(40)26(41)24(39)15-37)29-33-11-9-22(35-29)17-4-2-3-5-18(17)28(42)32-10-8-16-6-7-21-19(12-16)20(13-34-21)27(30)31/h2-7,9,11-13,23-26,34,37-41H,8,10,14-15H2,1H3,(H3,30,31)(H,32,42)/t23-,24+,25+,26+/m0/s1. The molecule has 1 amide bonds. The molecule has 13 heteroatoms. The van der Waals surface area contributed by atoms with Crippen molar-refractivity contribution >= 4 is 28.6 Å². The second kappa shape index (κ2) is 13.5. The zero-order chi connectivity index (χ0) is 30.4. The third-order valence-corrected chi connectivity index (χ3v) is 6.95. The lowest BCUT2D eigenvalue weighted by molar-refractivity contribution is -0.112. The van der Waals surface area contributed by atoms with Crippen LogP contribution in [0.25, 0.3) is 22.2 Å². The molecule has 13 nitrogen and oxygen atoms in total. The molecule has 222 valence electrons. The summed E-state index contributed by atoms with van der Waals surface area (Å²) in [7, 11) is 1.58. The number of carbonyl (C=O) groups is 1. The molecule has 0 unspecified atom stereocenters. The smallest absolute Gasteiger partial charge is 0.251 e. The molecule has 4 atom stereocenters. The SMILES string of the molecule is CN(C[C@H](O)[C@@H](O)[C@H](O)[C@H](O)CO)c1nccc(-c2ccccc2C(=O)NCCc2ccc3[nH]cc(C(=N)N)c3c2)n1. The summed E-state index contributed by atoms with van der Waals surface area (Å²) in [5.41, 5.74) is 9.58. The molecule has 42 heavy (non-hydrogen) atoms. The Morgan fingerprint density at radius 3 is 2.55 bits per heavy atom. The van der Waals surface area contributed by atoms with Gasteiger partial charge >= 0.3 is 0 Å². The molecule has 2 heterocycles. The van der Waals surface area contributed by atoms with Gasteiger partial charge in [-0.15, -0.1) is 0 Å². The molecule has 2 aromatic heterocycles. The number of aliphatic hydroxyl groups is 5. The van der Waals surface area contributed by atoms with Gasteiger partial charge in [-0.05, 0) is 36.2 Å². The van der Waals surface area contributed by atoms with Crippen LogP contribution in [0.4, 0.5) is 5.95 Å². The summed E-state index contributed by atoms with van der Waals surface area (Å²) in [5, 5.41) is 60.4. The first-order valence-corrected chi connectivity index (χ1v) is 13.3. The fourth-order valence-electron chi connectivity index (χ4n) is 4.58. The van der Waals surface area contributed by atoms with Gasteiger partial charge in [-0.1, -0.05) is 24.3 Å². The van der Waals surface area contributed by atoms with Gasteiger partial charge < -0.3 is 46.5 Å². The Bertz CT molecular complexity index is 1540. The molecule has 0 bridgehead atoms. The van der Waals surface area contributed by atoms with Crippen LogP contribution in [-0.4, -0.2) is 103 Å². The lowest BCUT2D eigenvalue weighted by atomic mass is 10.0. The number of aromatic nitrogens is 3. The van der Waals surface area contributed by atoms with Crippen molar-refractivity contribution in [2.24, 2.45) is 5.73 Å². The highest BCUT2D eigenvalue weighted by Gasteiger charge is 2.31. The number of nitrogen functional groups attached to an aromatic ring is 1. The quantitative estimate of drug-likeness (QED) is 0.0748. The molecule has 0 radical (unpaired) electrons. The maximum Gasteiger partial charge on any atom is 0.251 e. The molecular weight excluding hydrogens is 542 g/mol. The number of nitrogens with one attached hydrogen (secondary N) is 3. The third-order valence-electron chi connectivity index (χ3n) is 6.95. The minimum Gasteiger partial charge on any atom is -0.394 e. The van der Waals surface area contributed by atoms with E-state index in [1.54, 1.807) is 43.6 Å². The Balaban J connectivity index is 1.43. The first-order valence-electron chi connectivity index (χ1n) is 13.3. The van der Waals surface area contributed by atoms with Gasteiger partial charge in [0.05, 0.1) is 12.3 Å². The van der Waals surface area contributed by atoms with E-state index in [0.717, 1.165) is 16.5 Å². The Morgan fingerprint density at radius 2 is 1.81 bits per heavy atom. The van der Waals surface area contributed by atoms with Crippen molar-refractivity contribution in [2.45, 2.75) is 30.8 Å². The number of fused-ring (bicyclic) bond motifs is 1. The summed E-state index contributed by atoms with van der Waals surface area (Å²) in [6, 6.07) is 14.4. The lowest BCUT2D eigenvalue weighted by Gasteiger charge is -2.28. The number of rotatable bonds is 13. The van der Waals surface area contributed by atoms with Gasteiger partial charge in [-0.2, -0.15) is 0 Å². The molecule has 0 aliphatic heterocycles. The summed E-state index contributed by atoms with van der Waals surface area (Å²) in [6.45, 7) is -0.595. The lowest BCUT2D eigenvalue weighted by Crippen LogP contribution is -2.49. The normalized spacial score (nSPS) is 14.2. The molecule has 0 spiro atoms. The fourth-order valence-corrected chi connectivity index (χ4v) is 4.58. The van der Waals surface area contributed by atoms with Crippen LogP contribution in [0.3, 0.4) is 0 Å². The van der Waals surface area contributed by atoms with E-state index < -0.39 is 31.0 Å². The van der Waals surface area contributed by atoms with Crippen molar-refractivity contribution in [1.82, 2.24) is 20.3 Å². The van der Waals surface area contributed by atoms with Crippen molar-refractivity contribution in [3.8, 4) is 11.3 Å². The molecule has 0 aliphatic carbocycles. The van der Waals surface area contributed by atoms with E-state index in [0.29, 0.717) is 35.3 Å². The van der Waals surface area contributed by atoms with Crippen molar-refractivity contribution in [3.63, 3.8) is 0 Å². The summed E-state index contributed by atoms with van der Waals surface area (Å²) in [5.74, 6) is -0.120. The second-order valence-corrected chi connectivity index (χ2v) is 9.97. The number of aliphatic hydroxyl groups excluding tert-OH is 5. The third kappa shape index (κ3) is 6.90. The van der Waals surface area contributed by atoms with Crippen LogP contribution in [0.1, 0.15) is 21.5 Å². The van der Waals surface area contributed by atoms with Crippen molar-refractivity contribution in [2.75, 3.05) is 31.6 Å². The summed E-state index contributed by atoms with van der Waals surface area (Å²) < 4.78 is 0. The van der Waals surface area contributed by atoms with Crippen LogP contribution in [0.2, 0.25) is 0 Å². The zero-order valence-corrected chi connectivity index (χ0v) is 23.0. The molecule has 0 fully saturated rings. The highest BCUT2D eigenvalue weighted by atomic mass is 16.4. The first kappa shape index (κ1) is 30.6. The van der Waals surface area contributed by atoms with Gasteiger partial charge in [0.15, 0.2) is 0 Å². The maximum atomic E-state index is 13.2. The molecule has 0 saturated carbocycles. The van der Waals surface area contributed by atoms with Gasteiger partial charge in [0.1, 0.15) is 30.3 Å². The van der Waals surface area contributed by atoms with Crippen LogP contribution >= 0.6 is 0 Å². The molecule has 2 aromatic carbocycles. The van der Waals surface area contributed by atoms with Crippen LogP contribution in [0, 0.1) is 5.41 Å². The van der Waals surface area contributed by atoms with Gasteiger partial charge in [-0.25, -0.2) is 9.97 Å². The molecular formula is C29H35N7O6. The topological polar surface area (TPSA) is 225 Å². The number of benzene rings is 2. The van der Waals surface area contributed by atoms with E-state index in [1.165, 1.54) is 11.1 Å². The highest BCUT2D eigenvalue weighted by molar-refractivity contribution is 6.07. The summed E-state index contributed by atoms with van der Waals surface area (Å²) >= 11 is 0. The van der Waals surface area contributed by atoms with Crippen molar-refractivity contribution in [3.05, 3.63) is 77.6 Å². The number of aromatic amines is 1. The van der Waals surface area contributed by atoms with Crippen LogP contribution in [-0.2, 0) is 6.42 Å². The average molecular weight is 578 g/mol. The Morgan fingerprint density at radius 1 is 1.07 bits per heavy atom. The Labute approximate surface area is 241 Å². The predicted molar refractivity (Wildman–Crippen MR) is 157 cm³/mol. The molecule has 4 aromatic rings. The predicted octanol–water partition coefficient (Wildman–Crippen LogP) is -0.246. The number of H-pyrrole nitrogens is 1. The van der Waals surface area contributed by atoms with Gasteiger partial charge in [0, 0.05) is 60.1 Å². The second-order valence-electron chi connectivity index (χ2n) is 9.97. The Kier molecular flexibility index (Phi) is 9.83. The number of nitrogens with zero attached hydrogens (tertiary/aromatic N) is 3. The highest BCUT2D eigenvalue weighted by Crippen LogP contribution is 2.24. The van der Waals surface area contributed by atoms with Gasteiger partial charge in [-0.3, -0.25) is 10.2 Å². The van der Waals surface area contributed by atoms with E-state index in [4.69, 9.17) is 16.2 Å². The van der Waals surface area contributed by atoms with Gasteiger partial charge in [0.2, 0.25) is 5.95 Å². The number of carbonyl (C=O) groups excluding carboxylic acids is 1. The summed E-state index contributed by atoms with van der Waals surface area (Å²) in [6.07, 6.45) is -2.79. The first-order chi connectivity index (χ1) is 20.1. The number of amidine groups is 1. The van der Waals surface area contributed by atoms with E-state index in [9.17, 15) is 25.2 Å². The minimum atomic E-state index is -1.74. The number of amides is 1. The fraction of sp³-hybridized carbons (Fsp3) is 0.310. The summed E-state index contributed by atoms with van der Waals surface area (Å²) in [4.78, 5) is 26.5. The van der Waals surface area contributed by atoms with E-state index in [1.807, 2.05) is 18.2 Å². The van der Waals surface area contributed by atoms with E-state index in [-0.39, 0.29) is 24.2 Å². The number of likely N-dealkylation sites (N-methyl/N-ethyl adjacent to an activating group) is 1. The largest absolute Gasteiger partial charge is 0.394 e. The molecule has 10 N–H and O–H groups in total. The van der Waals surface area contributed by atoms with Crippen molar-refractivity contribution < 1.29 is 30.3 Å². The number of anilines is 1. The van der Waals surface area contributed by atoms with Crippen LogP contribution in [0.5, 0.6) is 0 Å². The molecule has 0 aliphatic rings. The Hall–Kier alpha value is -4.40.